The molecule has 0 amide bonds. The van der Waals surface area contributed by atoms with E-state index in [4.69, 9.17) is 5.73 Å². The molecule has 0 bridgehead atoms. The van der Waals surface area contributed by atoms with Gasteiger partial charge in [-0.3, -0.25) is 5.11 Å². The van der Waals surface area contributed by atoms with Crippen molar-refractivity contribution in [1.29, 1.82) is 0 Å². The first kappa shape index (κ1) is 6.98. The van der Waals surface area contributed by atoms with Crippen LogP contribution in [0.1, 0.15) is 0 Å². The Kier molecular flexibility index (Phi) is 1.40. The minimum atomic E-state index is 0.0345. The molecular formula is C10H8NO. The Morgan fingerprint density at radius 2 is 1.58 bits per heavy atom. The summed E-state index contributed by atoms with van der Waals surface area (Å²) in [7, 11) is 0. The number of nitrogens with two attached hydrogens (primary N) is 1. The maximum Gasteiger partial charge on any atom is 0.179 e. The average Bonchev–Trinajstić information content (AvgIpc) is 2.05. The summed E-state index contributed by atoms with van der Waals surface area (Å²) in [5.74, 6) is 0.0345. The summed E-state index contributed by atoms with van der Waals surface area (Å²) >= 11 is 0. The lowest BCUT2D eigenvalue weighted by Gasteiger charge is -1.98. The number of rotatable bonds is 0. The minimum absolute atomic E-state index is 0.0345. The van der Waals surface area contributed by atoms with Gasteiger partial charge in [-0.25, -0.2) is 0 Å². The summed E-state index contributed by atoms with van der Waals surface area (Å²) in [6, 6.07) is 10.4. The molecule has 0 aliphatic heterocycles. The second kappa shape index (κ2) is 2.41. The van der Waals surface area contributed by atoms with Crippen LogP contribution in [-0.4, -0.2) is 0 Å². The van der Waals surface area contributed by atoms with E-state index in [1.807, 2.05) is 12.1 Å². The molecule has 0 aliphatic rings. The molecule has 0 aromatic heterocycles. The normalized spacial score (nSPS) is 10.3. The summed E-state index contributed by atoms with van der Waals surface area (Å²) < 4.78 is 0. The fourth-order valence-corrected chi connectivity index (χ4v) is 1.24. The first-order valence-corrected chi connectivity index (χ1v) is 3.72. The van der Waals surface area contributed by atoms with E-state index in [0.717, 1.165) is 16.5 Å². The van der Waals surface area contributed by atoms with Gasteiger partial charge in [0.2, 0.25) is 0 Å². The number of benzene rings is 2. The zero-order valence-corrected chi connectivity index (χ0v) is 6.45. The van der Waals surface area contributed by atoms with Gasteiger partial charge in [0, 0.05) is 5.69 Å². The van der Waals surface area contributed by atoms with Crippen LogP contribution in [0.4, 0.5) is 5.69 Å². The van der Waals surface area contributed by atoms with Crippen molar-refractivity contribution in [3.05, 3.63) is 36.4 Å². The van der Waals surface area contributed by atoms with E-state index < -0.39 is 0 Å². The van der Waals surface area contributed by atoms with Crippen LogP contribution in [0.25, 0.3) is 10.8 Å². The van der Waals surface area contributed by atoms with Gasteiger partial charge in [-0.05, 0) is 35.0 Å². The minimum Gasteiger partial charge on any atom is -0.399 e. The molecule has 0 saturated heterocycles. The summed E-state index contributed by atoms with van der Waals surface area (Å²) in [6.07, 6.45) is 0. The summed E-state index contributed by atoms with van der Waals surface area (Å²) in [6.45, 7) is 0. The molecule has 2 nitrogen and oxygen atoms in total. The third kappa shape index (κ3) is 1.07. The highest BCUT2D eigenvalue weighted by atomic mass is 16.3. The van der Waals surface area contributed by atoms with Crippen molar-refractivity contribution < 1.29 is 5.11 Å². The van der Waals surface area contributed by atoms with Gasteiger partial charge in [0.15, 0.2) is 5.75 Å². The average molecular weight is 158 g/mol. The maximum absolute atomic E-state index is 10.9. The molecule has 2 aromatic carbocycles. The number of nitrogen functional groups attached to an aromatic ring is 1. The summed E-state index contributed by atoms with van der Waals surface area (Å²) in [5, 5.41) is 12.9. The van der Waals surface area contributed by atoms with Crippen LogP contribution in [0.5, 0.6) is 5.75 Å². The lowest BCUT2D eigenvalue weighted by molar-refractivity contribution is 0.355. The topological polar surface area (TPSA) is 45.9 Å². The number of hydrogen-bond acceptors (Lipinski definition) is 1. The van der Waals surface area contributed by atoms with Crippen molar-refractivity contribution in [3.8, 4) is 5.75 Å². The van der Waals surface area contributed by atoms with Crippen LogP contribution in [0.15, 0.2) is 36.4 Å². The van der Waals surface area contributed by atoms with Crippen molar-refractivity contribution in [1.82, 2.24) is 0 Å². The third-order valence-electron chi connectivity index (χ3n) is 1.84. The van der Waals surface area contributed by atoms with Crippen LogP contribution in [-0.2, 0) is 5.11 Å². The van der Waals surface area contributed by atoms with E-state index in [2.05, 4.69) is 0 Å². The van der Waals surface area contributed by atoms with Gasteiger partial charge >= 0.3 is 0 Å². The molecular weight excluding hydrogens is 150 g/mol. The van der Waals surface area contributed by atoms with E-state index >= 15 is 0 Å². The molecule has 0 spiro atoms. The van der Waals surface area contributed by atoms with Gasteiger partial charge in [0.25, 0.3) is 0 Å². The van der Waals surface area contributed by atoms with Gasteiger partial charge < -0.3 is 5.73 Å². The van der Waals surface area contributed by atoms with Crippen molar-refractivity contribution in [2.45, 2.75) is 0 Å². The highest BCUT2D eigenvalue weighted by Crippen LogP contribution is 2.21. The third-order valence-corrected chi connectivity index (χ3v) is 1.84. The first-order chi connectivity index (χ1) is 5.75. The first-order valence-electron chi connectivity index (χ1n) is 3.72. The Balaban J connectivity index is 2.79. The molecule has 2 N–H and O–H groups in total. The fourth-order valence-electron chi connectivity index (χ4n) is 1.24. The zero-order chi connectivity index (χ0) is 8.55. The molecule has 0 aliphatic carbocycles. The Labute approximate surface area is 70.2 Å². The van der Waals surface area contributed by atoms with E-state index in [0.29, 0.717) is 0 Å². The van der Waals surface area contributed by atoms with E-state index in [1.54, 1.807) is 24.3 Å². The predicted molar refractivity (Wildman–Crippen MR) is 48.5 cm³/mol. The fraction of sp³-hybridized carbons (Fsp3) is 0. The molecule has 12 heavy (non-hydrogen) atoms. The van der Waals surface area contributed by atoms with Gasteiger partial charge in [0.1, 0.15) is 0 Å². The summed E-state index contributed by atoms with van der Waals surface area (Å²) in [4.78, 5) is 0. The molecule has 0 saturated carbocycles. The highest BCUT2D eigenvalue weighted by molar-refractivity contribution is 5.86. The van der Waals surface area contributed by atoms with Crippen molar-refractivity contribution in [2.75, 3.05) is 5.73 Å². The Morgan fingerprint density at radius 3 is 2.42 bits per heavy atom. The van der Waals surface area contributed by atoms with Crippen molar-refractivity contribution >= 4 is 16.5 Å². The molecule has 0 heterocycles. The zero-order valence-electron chi connectivity index (χ0n) is 6.45. The lowest BCUT2D eigenvalue weighted by atomic mass is 10.1. The van der Waals surface area contributed by atoms with Crippen LogP contribution in [0, 0.1) is 0 Å². The van der Waals surface area contributed by atoms with Crippen LogP contribution in [0.3, 0.4) is 0 Å². The smallest absolute Gasteiger partial charge is 0.179 e. The van der Waals surface area contributed by atoms with E-state index in [9.17, 15) is 5.11 Å². The summed E-state index contributed by atoms with van der Waals surface area (Å²) in [5.41, 5.74) is 6.31. The molecule has 59 valence electrons. The van der Waals surface area contributed by atoms with Crippen molar-refractivity contribution in [2.24, 2.45) is 0 Å². The van der Waals surface area contributed by atoms with E-state index in [1.165, 1.54) is 0 Å². The Morgan fingerprint density at radius 1 is 0.917 bits per heavy atom. The number of anilines is 1. The molecule has 0 unspecified atom stereocenters. The van der Waals surface area contributed by atoms with Crippen LogP contribution in [0.2, 0.25) is 0 Å². The van der Waals surface area contributed by atoms with Gasteiger partial charge in [0.05, 0.1) is 0 Å². The molecule has 2 aromatic rings. The molecule has 0 atom stereocenters. The molecule has 0 fully saturated rings. The quantitative estimate of drug-likeness (QED) is 0.588. The van der Waals surface area contributed by atoms with Crippen molar-refractivity contribution in [3.63, 3.8) is 0 Å². The largest absolute Gasteiger partial charge is 0.399 e. The molecule has 1 radical (unpaired) electrons. The monoisotopic (exact) mass is 158 g/mol. The maximum atomic E-state index is 10.9. The number of fused-ring (bicyclic) bond motifs is 1. The molecule has 2 heteroatoms. The Bertz CT molecular complexity index is 382. The predicted octanol–water partition coefficient (Wildman–Crippen LogP) is 2.57. The Hall–Kier alpha value is -1.70. The second-order valence-electron chi connectivity index (χ2n) is 2.77. The lowest BCUT2D eigenvalue weighted by Crippen LogP contribution is -1.82. The second-order valence-corrected chi connectivity index (χ2v) is 2.77. The molecule has 2 rings (SSSR count). The van der Waals surface area contributed by atoms with Gasteiger partial charge in [-0.1, -0.05) is 12.1 Å². The number of hydrogen-bond donors (Lipinski definition) is 1. The van der Waals surface area contributed by atoms with E-state index in [-0.39, 0.29) is 5.75 Å². The highest BCUT2D eigenvalue weighted by Gasteiger charge is 1.95. The standard InChI is InChI=1S/C10H8NO/c11-9-3-1-8-6-10(12)4-2-7(8)5-9/h1-6H,11H2. The SMILES string of the molecule is Nc1ccc2cc([O])ccc2c1. The van der Waals surface area contributed by atoms with Crippen LogP contribution < -0.4 is 5.73 Å². The van der Waals surface area contributed by atoms with Gasteiger partial charge in [-0.15, -0.1) is 0 Å². The van der Waals surface area contributed by atoms with Crippen LogP contribution >= 0.6 is 0 Å². The van der Waals surface area contributed by atoms with Gasteiger partial charge in [-0.2, -0.15) is 0 Å².